The molecule has 1 saturated carbocycles. The number of methoxy groups -OCH3 is 1. The average Bonchev–Trinajstić information content (AvgIpc) is 2.53. The Balaban J connectivity index is 2.04. The largest absolute Gasteiger partial charge is 0.465 e. The third kappa shape index (κ3) is 3.38. The molecular formula is C16H23NO3. The van der Waals surface area contributed by atoms with E-state index in [0.29, 0.717) is 11.5 Å². The zero-order valence-corrected chi connectivity index (χ0v) is 11.9. The van der Waals surface area contributed by atoms with E-state index in [1.807, 2.05) is 0 Å². The van der Waals surface area contributed by atoms with E-state index in [1.165, 1.54) is 26.4 Å². The predicted octanol–water partition coefficient (Wildman–Crippen LogP) is 2.41. The SMILES string of the molecule is COC(=O)c1ccc([C@H](N)[C@H](O)C2CCCCC2)cc1. The molecule has 4 nitrogen and oxygen atoms in total. The lowest BCUT2D eigenvalue weighted by Gasteiger charge is -2.30. The fourth-order valence-electron chi connectivity index (χ4n) is 2.93. The molecule has 1 aromatic rings. The van der Waals surface area contributed by atoms with Crippen LogP contribution in [-0.2, 0) is 4.74 Å². The summed E-state index contributed by atoms with van der Waals surface area (Å²) >= 11 is 0. The molecule has 0 bridgehead atoms. The highest BCUT2D eigenvalue weighted by molar-refractivity contribution is 5.89. The number of hydrogen-bond donors (Lipinski definition) is 2. The summed E-state index contributed by atoms with van der Waals surface area (Å²) in [6, 6.07) is 6.57. The van der Waals surface area contributed by atoms with Crippen molar-refractivity contribution in [2.24, 2.45) is 11.7 Å². The van der Waals surface area contributed by atoms with Crippen molar-refractivity contribution in [2.75, 3.05) is 7.11 Å². The van der Waals surface area contributed by atoms with E-state index in [1.54, 1.807) is 24.3 Å². The van der Waals surface area contributed by atoms with Crippen LogP contribution in [0.1, 0.15) is 54.1 Å². The predicted molar refractivity (Wildman–Crippen MR) is 77.3 cm³/mol. The standard InChI is InChI=1S/C16H23NO3/c1-20-16(19)13-9-7-11(8-10-13)14(17)15(18)12-5-3-2-4-6-12/h7-10,12,14-15,18H,2-6,17H2,1H3/t14-,15+/m0/s1. The Labute approximate surface area is 119 Å². The first-order chi connectivity index (χ1) is 9.63. The van der Waals surface area contributed by atoms with Gasteiger partial charge in [-0.15, -0.1) is 0 Å². The van der Waals surface area contributed by atoms with Gasteiger partial charge in [0.2, 0.25) is 0 Å². The van der Waals surface area contributed by atoms with Crippen LogP contribution in [0, 0.1) is 5.92 Å². The fourth-order valence-corrected chi connectivity index (χ4v) is 2.93. The van der Waals surface area contributed by atoms with Gasteiger partial charge in [-0.3, -0.25) is 0 Å². The van der Waals surface area contributed by atoms with Crippen molar-refractivity contribution < 1.29 is 14.6 Å². The average molecular weight is 277 g/mol. The van der Waals surface area contributed by atoms with Gasteiger partial charge in [0.1, 0.15) is 0 Å². The molecule has 0 aliphatic heterocycles. The minimum Gasteiger partial charge on any atom is -0.465 e. The van der Waals surface area contributed by atoms with Crippen molar-refractivity contribution in [3.05, 3.63) is 35.4 Å². The highest BCUT2D eigenvalue weighted by Gasteiger charge is 2.27. The Hall–Kier alpha value is -1.39. The second-order valence-electron chi connectivity index (χ2n) is 5.53. The number of hydrogen-bond acceptors (Lipinski definition) is 4. The highest BCUT2D eigenvalue weighted by atomic mass is 16.5. The molecule has 2 rings (SSSR count). The normalized spacial score (nSPS) is 19.4. The van der Waals surface area contributed by atoms with Gasteiger partial charge in [-0.1, -0.05) is 31.4 Å². The van der Waals surface area contributed by atoms with Crippen molar-refractivity contribution in [1.29, 1.82) is 0 Å². The summed E-state index contributed by atoms with van der Waals surface area (Å²) < 4.78 is 4.66. The quantitative estimate of drug-likeness (QED) is 0.829. The molecule has 1 fully saturated rings. The Morgan fingerprint density at radius 2 is 1.85 bits per heavy atom. The number of aliphatic hydroxyl groups excluding tert-OH is 1. The smallest absolute Gasteiger partial charge is 0.337 e. The summed E-state index contributed by atoms with van der Waals surface area (Å²) in [5.74, 6) is -0.0722. The lowest BCUT2D eigenvalue weighted by molar-refractivity contribution is 0.0600. The maximum absolute atomic E-state index is 11.4. The lowest BCUT2D eigenvalue weighted by atomic mass is 9.81. The maximum atomic E-state index is 11.4. The number of carbonyl (C=O) groups excluding carboxylic acids is 1. The van der Waals surface area contributed by atoms with Gasteiger partial charge in [0.15, 0.2) is 0 Å². The number of nitrogens with two attached hydrogens (primary N) is 1. The van der Waals surface area contributed by atoms with Crippen LogP contribution in [0.4, 0.5) is 0 Å². The number of esters is 1. The van der Waals surface area contributed by atoms with Crippen LogP contribution in [-0.4, -0.2) is 24.3 Å². The molecule has 2 atom stereocenters. The Kier molecular flexibility index (Phi) is 5.15. The molecule has 20 heavy (non-hydrogen) atoms. The minimum atomic E-state index is -0.515. The molecule has 0 heterocycles. The first kappa shape index (κ1) is 15.0. The second kappa shape index (κ2) is 6.86. The third-order valence-electron chi connectivity index (χ3n) is 4.22. The Bertz CT molecular complexity index is 438. The van der Waals surface area contributed by atoms with Crippen molar-refractivity contribution in [1.82, 2.24) is 0 Å². The van der Waals surface area contributed by atoms with Crippen LogP contribution in [0.5, 0.6) is 0 Å². The summed E-state index contributed by atoms with van der Waals surface area (Å²) in [4.78, 5) is 11.4. The van der Waals surface area contributed by atoms with Crippen LogP contribution in [0.2, 0.25) is 0 Å². The molecule has 0 amide bonds. The minimum absolute atomic E-state index is 0.291. The molecule has 0 spiro atoms. The van der Waals surface area contributed by atoms with Crippen LogP contribution in [0.25, 0.3) is 0 Å². The van der Waals surface area contributed by atoms with Gasteiger partial charge in [-0.05, 0) is 36.5 Å². The van der Waals surface area contributed by atoms with Gasteiger partial charge in [-0.25, -0.2) is 4.79 Å². The molecule has 0 radical (unpaired) electrons. The first-order valence-electron chi connectivity index (χ1n) is 7.25. The highest BCUT2D eigenvalue weighted by Crippen LogP contribution is 2.31. The molecule has 110 valence electrons. The zero-order valence-electron chi connectivity index (χ0n) is 11.9. The van der Waals surface area contributed by atoms with E-state index in [4.69, 9.17) is 5.73 Å². The van der Waals surface area contributed by atoms with Gasteiger partial charge >= 0.3 is 5.97 Å². The van der Waals surface area contributed by atoms with Gasteiger partial charge in [-0.2, -0.15) is 0 Å². The van der Waals surface area contributed by atoms with Gasteiger partial charge in [0.25, 0.3) is 0 Å². The topological polar surface area (TPSA) is 72.5 Å². The summed E-state index contributed by atoms with van der Waals surface area (Å²) in [6.07, 6.45) is 5.20. The van der Waals surface area contributed by atoms with Crippen molar-refractivity contribution >= 4 is 5.97 Å². The molecule has 0 aromatic heterocycles. The summed E-state index contributed by atoms with van der Waals surface area (Å²) in [5, 5.41) is 10.4. The van der Waals surface area contributed by atoms with Crippen molar-refractivity contribution in [3.63, 3.8) is 0 Å². The van der Waals surface area contributed by atoms with E-state index >= 15 is 0 Å². The van der Waals surface area contributed by atoms with E-state index < -0.39 is 12.1 Å². The van der Waals surface area contributed by atoms with Crippen LogP contribution in [0.3, 0.4) is 0 Å². The van der Waals surface area contributed by atoms with Crippen LogP contribution in [0.15, 0.2) is 24.3 Å². The molecule has 1 aliphatic carbocycles. The van der Waals surface area contributed by atoms with E-state index in [0.717, 1.165) is 18.4 Å². The Morgan fingerprint density at radius 1 is 1.25 bits per heavy atom. The van der Waals surface area contributed by atoms with Crippen LogP contribution < -0.4 is 5.73 Å². The van der Waals surface area contributed by atoms with Crippen molar-refractivity contribution in [3.8, 4) is 0 Å². The summed E-state index contributed by atoms with van der Waals surface area (Å²) in [7, 11) is 1.36. The van der Waals surface area contributed by atoms with Gasteiger partial charge < -0.3 is 15.6 Å². The monoisotopic (exact) mass is 277 g/mol. The lowest BCUT2D eigenvalue weighted by Crippen LogP contribution is -2.34. The first-order valence-corrected chi connectivity index (χ1v) is 7.25. The molecule has 0 unspecified atom stereocenters. The Morgan fingerprint density at radius 3 is 2.40 bits per heavy atom. The van der Waals surface area contributed by atoms with E-state index in [2.05, 4.69) is 4.74 Å². The summed E-state index contributed by atoms with van der Waals surface area (Å²) in [6.45, 7) is 0. The zero-order chi connectivity index (χ0) is 14.5. The third-order valence-corrected chi connectivity index (χ3v) is 4.22. The van der Waals surface area contributed by atoms with Crippen molar-refractivity contribution in [2.45, 2.75) is 44.2 Å². The molecule has 1 aromatic carbocycles. The molecule has 3 N–H and O–H groups in total. The second-order valence-corrected chi connectivity index (χ2v) is 5.53. The molecular weight excluding hydrogens is 254 g/mol. The number of carbonyl (C=O) groups is 1. The maximum Gasteiger partial charge on any atom is 0.337 e. The number of benzene rings is 1. The number of ether oxygens (including phenoxy) is 1. The molecule has 1 aliphatic rings. The van der Waals surface area contributed by atoms with Gasteiger partial charge in [0, 0.05) is 0 Å². The summed E-state index contributed by atoms with van der Waals surface area (Å²) in [5.41, 5.74) is 7.51. The molecule has 0 saturated heterocycles. The molecule has 4 heteroatoms. The van der Waals surface area contributed by atoms with E-state index in [9.17, 15) is 9.90 Å². The van der Waals surface area contributed by atoms with Crippen LogP contribution >= 0.6 is 0 Å². The van der Waals surface area contributed by atoms with E-state index in [-0.39, 0.29) is 5.97 Å². The number of aliphatic hydroxyl groups is 1. The van der Waals surface area contributed by atoms with Gasteiger partial charge in [0.05, 0.1) is 24.8 Å². The fraction of sp³-hybridized carbons (Fsp3) is 0.562. The number of rotatable bonds is 4.